The topological polar surface area (TPSA) is 3.24 Å². The molecule has 0 heterocycles. The Hall–Kier alpha value is -2.80. The third-order valence-electron chi connectivity index (χ3n) is 6.58. The normalized spacial score (nSPS) is 20.3. The van der Waals surface area contributed by atoms with Crippen LogP contribution in [0.5, 0.6) is 0 Å². The molecule has 0 fully saturated rings. The van der Waals surface area contributed by atoms with Crippen molar-refractivity contribution in [3.63, 3.8) is 0 Å². The molecule has 0 radical (unpaired) electrons. The van der Waals surface area contributed by atoms with Crippen molar-refractivity contribution in [1.82, 2.24) is 0 Å². The molecule has 146 valence electrons. The van der Waals surface area contributed by atoms with Gasteiger partial charge in [0, 0.05) is 0 Å². The fourth-order valence-corrected chi connectivity index (χ4v) is 8.47. The van der Waals surface area contributed by atoms with E-state index in [9.17, 15) is 0 Å². The second-order valence-electron chi connectivity index (χ2n) is 8.37. The van der Waals surface area contributed by atoms with Crippen molar-refractivity contribution < 1.29 is 0 Å². The average molecular weight is 452 g/mol. The van der Waals surface area contributed by atoms with E-state index in [4.69, 9.17) is 0 Å². The van der Waals surface area contributed by atoms with Gasteiger partial charge < -0.3 is 0 Å². The van der Waals surface area contributed by atoms with Crippen molar-refractivity contribution in [3.05, 3.63) is 130 Å². The number of benzene rings is 4. The molecule has 4 aromatic carbocycles. The summed E-state index contributed by atoms with van der Waals surface area (Å²) in [7, 11) is 4.20. The van der Waals surface area contributed by atoms with Crippen LogP contribution in [0, 0.1) is 0 Å². The summed E-state index contributed by atoms with van der Waals surface area (Å²) < 4.78 is 1.36. The summed E-state index contributed by atoms with van der Waals surface area (Å²) in [4.78, 5) is 2.17. The summed E-state index contributed by atoms with van der Waals surface area (Å²) in [5.74, 6) is 0.349. The molecule has 3 aliphatic rings. The first-order valence-electron chi connectivity index (χ1n) is 10.4. The SMILES string of the molecule is CN(C)c1ccc([Se]C23c4ccccc4C(c4ccccc42)c2ccccc23)cc1. The van der Waals surface area contributed by atoms with Gasteiger partial charge in [-0.05, 0) is 0 Å². The zero-order valence-corrected chi connectivity index (χ0v) is 18.9. The standard InChI is InChI=1S/C28H23NSe/c1-29(2)19-15-17-20(18-16-19)30-28-24-12-6-3-9-21(24)27(22-10-4-7-13-25(22)28)23-11-5-8-14-26(23)28/h3-18,27H,1-2H3. The van der Waals surface area contributed by atoms with E-state index < -0.39 is 0 Å². The molecule has 0 N–H and O–H groups in total. The number of rotatable bonds is 3. The predicted molar refractivity (Wildman–Crippen MR) is 126 cm³/mol. The van der Waals surface area contributed by atoms with Gasteiger partial charge in [-0.15, -0.1) is 0 Å². The maximum absolute atomic E-state index is 2.38. The van der Waals surface area contributed by atoms with Crippen LogP contribution in [0.15, 0.2) is 97.1 Å². The molecule has 0 spiro atoms. The van der Waals surface area contributed by atoms with Gasteiger partial charge in [0.1, 0.15) is 0 Å². The van der Waals surface area contributed by atoms with Gasteiger partial charge in [-0.1, -0.05) is 0 Å². The Kier molecular flexibility index (Phi) is 3.96. The van der Waals surface area contributed by atoms with Crippen LogP contribution in [-0.2, 0) is 4.31 Å². The van der Waals surface area contributed by atoms with Gasteiger partial charge in [-0.25, -0.2) is 0 Å². The molecule has 1 nitrogen and oxygen atoms in total. The van der Waals surface area contributed by atoms with Crippen LogP contribution in [0.2, 0.25) is 0 Å². The molecule has 0 amide bonds. The van der Waals surface area contributed by atoms with E-state index in [0.29, 0.717) is 5.92 Å². The molecule has 0 atom stereocenters. The summed E-state index contributed by atoms with van der Waals surface area (Å²) in [6.45, 7) is 0. The van der Waals surface area contributed by atoms with E-state index in [-0.39, 0.29) is 19.3 Å². The molecular formula is C28H23NSe. The zero-order valence-electron chi connectivity index (χ0n) is 17.2. The minimum atomic E-state index is -0.0782. The van der Waals surface area contributed by atoms with Crippen LogP contribution in [0.4, 0.5) is 5.69 Å². The van der Waals surface area contributed by atoms with E-state index in [1.54, 1.807) is 0 Å². The fraction of sp³-hybridized carbons (Fsp3) is 0.143. The molecule has 30 heavy (non-hydrogen) atoms. The second kappa shape index (κ2) is 6.60. The third-order valence-corrected chi connectivity index (χ3v) is 9.67. The Bertz CT molecular complexity index is 1140. The van der Waals surface area contributed by atoms with Crippen LogP contribution in [0.25, 0.3) is 0 Å². The van der Waals surface area contributed by atoms with Crippen LogP contribution in [0.3, 0.4) is 0 Å². The predicted octanol–water partition coefficient (Wildman–Crippen LogP) is 4.88. The van der Waals surface area contributed by atoms with Crippen LogP contribution < -0.4 is 9.36 Å². The first-order chi connectivity index (χ1) is 14.7. The molecule has 0 aliphatic heterocycles. The van der Waals surface area contributed by atoms with Gasteiger partial charge >= 0.3 is 185 Å². The Morgan fingerprint density at radius 2 is 1.03 bits per heavy atom. The van der Waals surface area contributed by atoms with Gasteiger partial charge in [0.05, 0.1) is 0 Å². The van der Waals surface area contributed by atoms with Gasteiger partial charge in [-0.3, -0.25) is 0 Å². The third kappa shape index (κ3) is 2.35. The Balaban J connectivity index is 1.64. The molecule has 0 saturated carbocycles. The average Bonchev–Trinajstić information content (AvgIpc) is 2.80. The number of hydrogen-bond acceptors (Lipinski definition) is 1. The molecule has 4 aromatic rings. The van der Waals surface area contributed by atoms with E-state index in [0.717, 1.165) is 0 Å². The second-order valence-corrected chi connectivity index (χ2v) is 11.1. The van der Waals surface area contributed by atoms with Crippen molar-refractivity contribution in [3.8, 4) is 0 Å². The van der Waals surface area contributed by atoms with E-state index in [2.05, 4.69) is 116 Å². The van der Waals surface area contributed by atoms with Crippen molar-refractivity contribution in [2.75, 3.05) is 19.0 Å². The summed E-state index contributed by atoms with van der Waals surface area (Å²) >= 11 is 0.214. The molecular weight excluding hydrogens is 429 g/mol. The number of nitrogens with zero attached hydrogens (tertiary/aromatic N) is 1. The van der Waals surface area contributed by atoms with Crippen LogP contribution in [-0.4, -0.2) is 29.1 Å². The summed E-state index contributed by atoms with van der Waals surface area (Å²) in [6, 6.07) is 36.6. The molecule has 0 saturated heterocycles. The Morgan fingerprint density at radius 1 is 0.600 bits per heavy atom. The molecule has 3 aliphatic carbocycles. The van der Waals surface area contributed by atoms with Crippen molar-refractivity contribution >= 4 is 25.1 Å². The molecule has 7 rings (SSSR count). The molecule has 0 aromatic heterocycles. The van der Waals surface area contributed by atoms with Gasteiger partial charge in [0.25, 0.3) is 0 Å². The molecule has 2 bridgehead atoms. The van der Waals surface area contributed by atoms with Crippen molar-refractivity contribution in [2.24, 2.45) is 0 Å². The molecule has 2 heteroatoms. The summed E-state index contributed by atoms with van der Waals surface area (Å²) in [6.07, 6.45) is 0. The van der Waals surface area contributed by atoms with Gasteiger partial charge in [-0.2, -0.15) is 0 Å². The monoisotopic (exact) mass is 453 g/mol. The van der Waals surface area contributed by atoms with Gasteiger partial charge in [0.2, 0.25) is 0 Å². The number of anilines is 1. The Morgan fingerprint density at radius 3 is 1.47 bits per heavy atom. The maximum atomic E-state index is 2.38. The quantitative estimate of drug-likeness (QED) is 0.401. The number of hydrogen-bond donors (Lipinski definition) is 0. The van der Waals surface area contributed by atoms with E-state index in [1.165, 1.54) is 43.5 Å². The minimum absolute atomic E-state index is 0.0782. The Labute approximate surface area is 184 Å². The fourth-order valence-electron chi connectivity index (χ4n) is 5.30. The zero-order chi connectivity index (χ0) is 20.3. The van der Waals surface area contributed by atoms with Crippen molar-refractivity contribution in [1.29, 1.82) is 0 Å². The first-order valence-corrected chi connectivity index (χ1v) is 12.2. The van der Waals surface area contributed by atoms with Gasteiger partial charge in [0.15, 0.2) is 0 Å². The van der Waals surface area contributed by atoms with Crippen molar-refractivity contribution in [2.45, 2.75) is 10.2 Å². The van der Waals surface area contributed by atoms with E-state index >= 15 is 0 Å². The van der Waals surface area contributed by atoms with E-state index in [1.807, 2.05) is 0 Å². The van der Waals surface area contributed by atoms with Crippen LogP contribution >= 0.6 is 0 Å². The van der Waals surface area contributed by atoms with Crippen LogP contribution in [0.1, 0.15) is 39.3 Å². The summed E-state index contributed by atoms with van der Waals surface area (Å²) in [5.41, 5.74) is 10.2. The molecule has 0 unspecified atom stereocenters. The summed E-state index contributed by atoms with van der Waals surface area (Å²) in [5, 5.41) is 0. The first kappa shape index (κ1) is 18.0.